The van der Waals surface area contributed by atoms with Gasteiger partial charge in [0.25, 0.3) is 5.91 Å². The van der Waals surface area contributed by atoms with Crippen molar-refractivity contribution in [3.63, 3.8) is 0 Å². The van der Waals surface area contributed by atoms with Crippen molar-refractivity contribution in [1.29, 1.82) is 5.26 Å². The van der Waals surface area contributed by atoms with Crippen molar-refractivity contribution in [3.05, 3.63) is 36.0 Å². The molecule has 3 unspecified atom stereocenters. The van der Waals surface area contributed by atoms with Gasteiger partial charge < -0.3 is 16.0 Å². The van der Waals surface area contributed by atoms with Crippen LogP contribution in [0.4, 0.5) is 15.9 Å². The lowest BCUT2D eigenvalue weighted by Crippen LogP contribution is -2.44. The molecule has 4 rings (SSSR count). The van der Waals surface area contributed by atoms with Crippen LogP contribution in [0.2, 0.25) is 0 Å². The van der Waals surface area contributed by atoms with Crippen LogP contribution in [-0.4, -0.2) is 44.7 Å². The van der Waals surface area contributed by atoms with E-state index < -0.39 is 11.9 Å². The number of anilines is 2. The maximum absolute atomic E-state index is 13.4. The number of pyridine rings is 1. The molecule has 3 atom stereocenters. The van der Waals surface area contributed by atoms with Crippen molar-refractivity contribution in [2.24, 2.45) is 11.7 Å². The number of nitrogens with one attached hydrogen (secondary N) is 1. The number of rotatable bonds is 5. The zero-order valence-electron chi connectivity index (χ0n) is 16.8. The molecule has 2 aromatic heterocycles. The van der Waals surface area contributed by atoms with Crippen molar-refractivity contribution < 1.29 is 9.18 Å². The highest BCUT2D eigenvalue weighted by molar-refractivity contribution is 5.98. The maximum atomic E-state index is 13.4. The standard InChI is InChI=1S/C21H26FN7O/c22-19-11-15(6-7-25-19)26-21-17(20(24)30)13-29(27-21)18-5-4-16(10-14(18)12-23)28-8-2-1-3-9-28/h6-7,11,13-14,16,18H,1-5,8-10H2,(H2,24,30)(H,25,26,27). The maximum Gasteiger partial charge on any atom is 0.254 e. The number of hydrogen-bond donors (Lipinski definition) is 2. The first-order chi connectivity index (χ1) is 14.5. The van der Waals surface area contributed by atoms with Gasteiger partial charge in [-0.1, -0.05) is 6.42 Å². The number of nitriles is 1. The van der Waals surface area contributed by atoms with Gasteiger partial charge >= 0.3 is 0 Å². The molecule has 2 fully saturated rings. The number of aromatic nitrogens is 3. The van der Waals surface area contributed by atoms with Crippen LogP contribution in [0.1, 0.15) is 54.9 Å². The number of hydrogen-bond acceptors (Lipinski definition) is 6. The van der Waals surface area contributed by atoms with Gasteiger partial charge in [-0.3, -0.25) is 9.48 Å². The Balaban J connectivity index is 1.54. The Morgan fingerprint density at radius 1 is 1.30 bits per heavy atom. The summed E-state index contributed by atoms with van der Waals surface area (Å²) in [4.78, 5) is 18.0. The number of primary amides is 1. The molecule has 0 bridgehead atoms. The molecule has 0 spiro atoms. The number of piperidine rings is 1. The average Bonchev–Trinajstić information content (AvgIpc) is 3.18. The number of carbonyl (C=O) groups excluding carboxylic acids is 1. The van der Waals surface area contributed by atoms with Gasteiger partial charge in [-0.15, -0.1) is 0 Å². The van der Waals surface area contributed by atoms with Crippen LogP contribution in [0.25, 0.3) is 0 Å². The molecular weight excluding hydrogens is 385 g/mol. The molecule has 3 heterocycles. The first-order valence-corrected chi connectivity index (χ1v) is 10.5. The highest BCUT2D eigenvalue weighted by Crippen LogP contribution is 2.37. The number of halogens is 1. The van der Waals surface area contributed by atoms with E-state index in [1.165, 1.54) is 31.5 Å². The third-order valence-electron chi connectivity index (χ3n) is 6.19. The van der Waals surface area contributed by atoms with Crippen LogP contribution in [0, 0.1) is 23.2 Å². The quantitative estimate of drug-likeness (QED) is 0.732. The van der Waals surface area contributed by atoms with Crippen LogP contribution < -0.4 is 11.1 Å². The molecule has 9 heteroatoms. The highest BCUT2D eigenvalue weighted by atomic mass is 19.1. The smallest absolute Gasteiger partial charge is 0.254 e. The molecular formula is C21H26FN7O. The second-order valence-corrected chi connectivity index (χ2v) is 8.09. The Bertz CT molecular complexity index is 947. The van der Waals surface area contributed by atoms with E-state index in [-0.39, 0.29) is 23.3 Å². The zero-order valence-corrected chi connectivity index (χ0v) is 16.8. The van der Waals surface area contributed by atoms with E-state index >= 15 is 0 Å². The topological polar surface area (TPSA) is 113 Å². The average molecular weight is 411 g/mol. The van der Waals surface area contributed by atoms with Crippen molar-refractivity contribution in [2.75, 3.05) is 18.4 Å². The molecule has 3 N–H and O–H groups in total. The van der Waals surface area contributed by atoms with E-state index in [9.17, 15) is 14.4 Å². The van der Waals surface area contributed by atoms with E-state index in [0.717, 1.165) is 32.4 Å². The molecule has 8 nitrogen and oxygen atoms in total. The third kappa shape index (κ3) is 4.28. The molecule has 0 radical (unpaired) electrons. The second kappa shape index (κ2) is 8.79. The summed E-state index contributed by atoms with van der Waals surface area (Å²) in [5.41, 5.74) is 6.17. The summed E-state index contributed by atoms with van der Waals surface area (Å²) in [5.74, 6) is -1.21. The number of likely N-dealkylation sites (tertiary alicyclic amines) is 1. The number of carbonyl (C=O) groups is 1. The number of nitrogens with two attached hydrogens (primary N) is 1. The molecule has 30 heavy (non-hydrogen) atoms. The van der Waals surface area contributed by atoms with E-state index in [1.807, 2.05) is 0 Å². The van der Waals surface area contributed by atoms with Gasteiger partial charge in [0.15, 0.2) is 5.82 Å². The Morgan fingerprint density at radius 2 is 2.10 bits per heavy atom. The molecule has 0 aromatic carbocycles. The van der Waals surface area contributed by atoms with Crippen molar-refractivity contribution in [1.82, 2.24) is 19.7 Å². The fourth-order valence-corrected chi connectivity index (χ4v) is 4.65. The summed E-state index contributed by atoms with van der Waals surface area (Å²) in [6.45, 7) is 2.22. The van der Waals surface area contributed by atoms with Gasteiger partial charge in [0.1, 0.15) is 5.56 Å². The Hall–Kier alpha value is -2.99. The normalized spacial score (nSPS) is 24.9. The minimum Gasteiger partial charge on any atom is -0.365 e. The summed E-state index contributed by atoms with van der Waals surface area (Å²) < 4.78 is 15.1. The largest absolute Gasteiger partial charge is 0.365 e. The van der Waals surface area contributed by atoms with Gasteiger partial charge in [-0.2, -0.15) is 14.8 Å². The first kappa shape index (κ1) is 20.3. The number of nitrogens with zero attached hydrogens (tertiary/aromatic N) is 5. The SMILES string of the molecule is N#CC1CC(N2CCCCC2)CCC1n1cc(C(N)=O)c(Nc2ccnc(F)c2)n1. The lowest BCUT2D eigenvalue weighted by atomic mass is 9.81. The molecule has 1 aliphatic carbocycles. The van der Waals surface area contributed by atoms with E-state index in [4.69, 9.17) is 5.73 Å². The van der Waals surface area contributed by atoms with Crippen molar-refractivity contribution >= 4 is 17.4 Å². The minimum atomic E-state index is -0.638. The van der Waals surface area contributed by atoms with Crippen LogP contribution in [0.5, 0.6) is 0 Å². The fraction of sp³-hybridized carbons (Fsp3) is 0.524. The van der Waals surface area contributed by atoms with Crippen molar-refractivity contribution in [3.8, 4) is 6.07 Å². The summed E-state index contributed by atoms with van der Waals surface area (Å²) in [7, 11) is 0. The van der Waals surface area contributed by atoms with Gasteiger partial charge in [0.05, 0.1) is 18.0 Å². The van der Waals surface area contributed by atoms with E-state index in [1.54, 1.807) is 16.9 Å². The fourth-order valence-electron chi connectivity index (χ4n) is 4.65. The molecule has 1 amide bonds. The minimum absolute atomic E-state index is 0.126. The Labute approximate surface area is 174 Å². The monoisotopic (exact) mass is 411 g/mol. The molecule has 1 saturated heterocycles. The van der Waals surface area contributed by atoms with Crippen LogP contribution in [0.3, 0.4) is 0 Å². The molecule has 158 valence electrons. The summed E-state index contributed by atoms with van der Waals surface area (Å²) in [6, 6.07) is 5.55. The van der Waals surface area contributed by atoms with E-state index in [2.05, 4.69) is 26.4 Å². The summed E-state index contributed by atoms with van der Waals surface area (Å²) in [6.07, 6.45) is 9.26. The molecule has 2 aliphatic rings. The van der Waals surface area contributed by atoms with Crippen LogP contribution in [0.15, 0.2) is 24.5 Å². The third-order valence-corrected chi connectivity index (χ3v) is 6.19. The van der Waals surface area contributed by atoms with Gasteiger partial charge in [0, 0.05) is 30.2 Å². The molecule has 2 aromatic rings. The van der Waals surface area contributed by atoms with Crippen LogP contribution >= 0.6 is 0 Å². The summed E-state index contributed by atoms with van der Waals surface area (Å²) >= 11 is 0. The highest BCUT2D eigenvalue weighted by Gasteiger charge is 2.36. The van der Waals surface area contributed by atoms with Gasteiger partial charge in [0.2, 0.25) is 5.95 Å². The predicted octanol–water partition coefficient (Wildman–Crippen LogP) is 2.98. The lowest BCUT2D eigenvalue weighted by Gasteiger charge is -2.40. The van der Waals surface area contributed by atoms with Crippen LogP contribution in [-0.2, 0) is 0 Å². The molecule has 1 aliphatic heterocycles. The van der Waals surface area contributed by atoms with Gasteiger partial charge in [-0.25, -0.2) is 4.98 Å². The molecule has 1 saturated carbocycles. The summed E-state index contributed by atoms with van der Waals surface area (Å²) in [5, 5.41) is 17.3. The first-order valence-electron chi connectivity index (χ1n) is 10.5. The zero-order chi connectivity index (χ0) is 21.1. The number of amides is 1. The van der Waals surface area contributed by atoms with Crippen molar-refractivity contribution in [2.45, 2.75) is 50.6 Å². The van der Waals surface area contributed by atoms with E-state index in [0.29, 0.717) is 11.7 Å². The predicted molar refractivity (Wildman–Crippen MR) is 109 cm³/mol. The lowest BCUT2D eigenvalue weighted by molar-refractivity contribution is 0.0960. The Morgan fingerprint density at radius 3 is 2.80 bits per heavy atom. The van der Waals surface area contributed by atoms with Gasteiger partial charge in [-0.05, 0) is 51.3 Å². The Kier molecular flexibility index (Phi) is 5.95. The second-order valence-electron chi connectivity index (χ2n) is 8.09.